The molecule has 124 valence electrons. The highest BCUT2D eigenvalue weighted by Crippen LogP contribution is 2.44. The highest BCUT2D eigenvalue weighted by atomic mass is 32.2. The fraction of sp³-hybridized carbons (Fsp3) is 0.429. The number of carboxylic acids is 1. The fourth-order valence-corrected chi connectivity index (χ4v) is 3.79. The summed E-state index contributed by atoms with van der Waals surface area (Å²) < 4.78 is 27.9. The molecule has 0 spiro atoms. The van der Waals surface area contributed by atoms with Crippen molar-refractivity contribution in [3.63, 3.8) is 0 Å². The number of hydrogen-bond donors (Lipinski definition) is 3. The van der Waals surface area contributed by atoms with E-state index in [0.717, 1.165) is 0 Å². The first-order valence-corrected chi connectivity index (χ1v) is 8.64. The zero-order valence-electron chi connectivity index (χ0n) is 12.0. The van der Waals surface area contributed by atoms with E-state index in [9.17, 15) is 23.1 Å². The lowest BCUT2D eigenvalue weighted by Crippen LogP contribution is -2.40. The van der Waals surface area contributed by atoms with Crippen molar-refractivity contribution in [1.29, 1.82) is 0 Å². The van der Waals surface area contributed by atoms with Crippen LogP contribution in [0.5, 0.6) is 0 Å². The predicted molar refractivity (Wildman–Crippen MR) is 79.0 cm³/mol. The fourth-order valence-electron chi connectivity index (χ4n) is 3.28. The quantitative estimate of drug-likeness (QED) is 0.714. The second-order valence-corrected chi connectivity index (χ2v) is 7.30. The lowest BCUT2D eigenvalue weighted by molar-refractivity contribution is -0.147. The molecular formula is C14H16N2O6S. The number of primary sulfonamides is 1. The average Bonchev–Trinajstić information content (AvgIpc) is 3.07. The molecule has 2 heterocycles. The van der Waals surface area contributed by atoms with E-state index in [2.05, 4.69) is 5.32 Å². The standard InChI is InChI=1S/C14H16N2O6S/c15-23(20,21)8-3-1-7(2-4-8)16-13(17)11-9-5-6-10(22-9)12(11)14(18)19/h1-4,9-12H,5-6H2,(H,16,17)(H,18,19)(H2,15,20,21)/t9-,10-,11+,12-/m1/s1. The van der Waals surface area contributed by atoms with Gasteiger partial charge in [0.1, 0.15) is 0 Å². The number of carbonyl (C=O) groups is 2. The van der Waals surface area contributed by atoms with Gasteiger partial charge >= 0.3 is 5.97 Å². The van der Waals surface area contributed by atoms with Crippen molar-refractivity contribution in [3.8, 4) is 0 Å². The van der Waals surface area contributed by atoms with Crippen LogP contribution in [0, 0.1) is 11.8 Å². The molecule has 1 amide bonds. The van der Waals surface area contributed by atoms with Gasteiger partial charge in [-0.1, -0.05) is 0 Å². The van der Waals surface area contributed by atoms with Gasteiger partial charge in [-0.05, 0) is 37.1 Å². The SMILES string of the molecule is NS(=O)(=O)c1ccc(NC(=O)[C@@H]2[C@H](C(=O)O)[C@H]3CC[C@H]2O3)cc1. The monoisotopic (exact) mass is 340 g/mol. The van der Waals surface area contributed by atoms with Gasteiger partial charge in [0.15, 0.2) is 0 Å². The van der Waals surface area contributed by atoms with Crippen molar-refractivity contribution in [2.75, 3.05) is 5.32 Å². The molecule has 0 saturated carbocycles. The number of ether oxygens (including phenoxy) is 1. The number of fused-ring (bicyclic) bond motifs is 2. The molecule has 2 aliphatic heterocycles. The average molecular weight is 340 g/mol. The molecule has 2 fully saturated rings. The number of anilines is 1. The molecule has 9 heteroatoms. The molecule has 0 aromatic heterocycles. The lowest BCUT2D eigenvalue weighted by atomic mass is 9.78. The minimum absolute atomic E-state index is 0.0674. The Morgan fingerprint density at radius 3 is 2.22 bits per heavy atom. The van der Waals surface area contributed by atoms with Crippen LogP contribution in [0.3, 0.4) is 0 Å². The number of amides is 1. The van der Waals surface area contributed by atoms with Crippen LogP contribution in [0.15, 0.2) is 29.2 Å². The van der Waals surface area contributed by atoms with Gasteiger partial charge in [-0.25, -0.2) is 13.6 Å². The minimum atomic E-state index is -3.80. The Bertz CT molecular complexity index is 745. The Balaban J connectivity index is 1.75. The highest BCUT2D eigenvalue weighted by Gasteiger charge is 2.55. The van der Waals surface area contributed by atoms with Crippen LogP contribution in [0.4, 0.5) is 5.69 Å². The Morgan fingerprint density at radius 2 is 1.70 bits per heavy atom. The molecule has 4 atom stereocenters. The van der Waals surface area contributed by atoms with Gasteiger partial charge in [-0.3, -0.25) is 9.59 Å². The maximum Gasteiger partial charge on any atom is 0.310 e. The molecule has 1 aromatic carbocycles. The maximum atomic E-state index is 12.4. The first kappa shape index (κ1) is 15.9. The second kappa shape index (κ2) is 5.59. The van der Waals surface area contributed by atoms with Crippen LogP contribution in [-0.4, -0.2) is 37.6 Å². The van der Waals surface area contributed by atoms with Crippen LogP contribution < -0.4 is 10.5 Å². The molecule has 0 aliphatic carbocycles. The molecule has 23 heavy (non-hydrogen) atoms. The lowest BCUT2D eigenvalue weighted by Gasteiger charge is -2.23. The van der Waals surface area contributed by atoms with Crippen LogP contribution in [0.1, 0.15) is 12.8 Å². The van der Waals surface area contributed by atoms with E-state index < -0.39 is 39.8 Å². The molecule has 2 bridgehead atoms. The summed E-state index contributed by atoms with van der Waals surface area (Å²) in [6.45, 7) is 0. The number of nitrogens with two attached hydrogens (primary N) is 1. The summed E-state index contributed by atoms with van der Waals surface area (Å²) in [4.78, 5) is 23.7. The van der Waals surface area contributed by atoms with Crippen molar-refractivity contribution in [1.82, 2.24) is 0 Å². The van der Waals surface area contributed by atoms with Crippen molar-refractivity contribution < 1.29 is 27.9 Å². The number of carboxylic acid groups (broad SMARTS) is 1. The van der Waals surface area contributed by atoms with Gasteiger partial charge in [-0.2, -0.15) is 0 Å². The summed E-state index contributed by atoms with van der Waals surface area (Å²) in [6, 6.07) is 5.36. The van der Waals surface area contributed by atoms with Crippen molar-refractivity contribution in [2.24, 2.45) is 17.0 Å². The number of aliphatic carboxylic acids is 1. The van der Waals surface area contributed by atoms with Crippen LogP contribution in [-0.2, 0) is 24.3 Å². The third kappa shape index (κ3) is 2.94. The third-order valence-electron chi connectivity index (χ3n) is 4.31. The maximum absolute atomic E-state index is 12.4. The van der Waals surface area contributed by atoms with Gasteiger partial charge in [0, 0.05) is 5.69 Å². The van der Waals surface area contributed by atoms with E-state index in [1.165, 1.54) is 24.3 Å². The molecule has 0 unspecified atom stereocenters. The first-order chi connectivity index (χ1) is 10.8. The van der Waals surface area contributed by atoms with Crippen molar-refractivity contribution >= 4 is 27.6 Å². The summed E-state index contributed by atoms with van der Waals surface area (Å²) in [7, 11) is -3.80. The van der Waals surface area contributed by atoms with Gasteiger partial charge in [0.2, 0.25) is 15.9 Å². The third-order valence-corrected chi connectivity index (χ3v) is 5.24. The molecule has 8 nitrogen and oxygen atoms in total. The number of hydrogen-bond acceptors (Lipinski definition) is 5. The molecule has 0 radical (unpaired) electrons. The topological polar surface area (TPSA) is 136 Å². The van der Waals surface area contributed by atoms with Crippen LogP contribution in [0.2, 0.25) is 0 Å². The van der Waals surface area contributed by atoms with E-state index in [-0.39, 0.29) is 11.0 Å². The Morgan fingerprint density at radius 1 is 1.13 bits per heavy atom. The van der Waals surface area contributed by atoms with E-state index in [1.807, 2.05) is 0 Å². The summed E-state index contributed by atoms with van der Waals surface area (Å²) in [5, 5.41) is 16.9. The van der Waals surface area contributed by atoms with E-state index in [0.29, 0.717) is 18.5 Å². The van der Waals surface area contributed by atoms with Gasteiger partial charge in [0.05, 0.1) is 28.9 Å². The number of nitrogens with one attached hydrogen (secondary N) is 1. The molecule has 4 N–H and O–H groups in total. The molecule has 3 rings (SSSR count). The zero-order chi connectivity index (χ0) is 16.8. The Labute approximate surface area is 132 Å². The van der Waals surface area contributed by atoms with E-state index in [4.69, 9.17) is 9.88 Å². The molecule has 2 aliphatic rings. The predicted octanol–water partition coefficient (Wildman–Crippen LogP) is 0.151. The van der Waals surface area contributed by atoms with Crippen LogP contribution in [0.25, 0.3) is 0 Å². The van der Waals surface area contributed by atoms with Gasteiger partial charge in [0.25, 0.3) is 0 Å². The zero-order valence-corrected chi connectivity index (χ0v) is 12.8. The second-order valence-electron chi connectivity index (χ2n) is 5.74. The number of benzene rings is 1. The largest absolute Gasteiger partial charge is 0.481 e. The van der Waals surface area contributed by atoms with Crippen molar-refractivity contribution in [3.05, 3.63) is 24.3 Å². The molecular weight excluding hydrogens is 324 g/mol. The molecule has 2 saturated heterocycles. The molecule has 1 aromatic rings. The number of carbonyl (C=O) groups excluding carboxylic acids is 1. The number of sulfonamides is 1. The smallest absolute Gasteiger partial charge is 0.310 e. The van der Waals surface area contributed by atoms with Gasteiger partial charge < -0.3 is 15.2 Å². The van der Waals surface area contributed by atoms with Gasteiger partial charge in [-0.15, -0.1) is 0 Å². The summed E-state index contributed by atoms with van der Waals surface area (Å²) in [5.74, 6) is -3.07. The summed E-state index contributed by atoms with van der Waals surface area (Å²) >= 11 is 0. The minimum Gasteiger partial charge on any atom is -0.481 e. The summed E-state index contributed by atoms with van der Waals surface area (Å²) in [5.41, 5.74) is 0.370. The highest BCUT2D eigenvalue weighted by molar-refractivity contribution is 7.89. The first-order valence-electron chi connectivity index (χ1n) is 7.09. The van der Waals surface area contributed by atoms with Crippen molar-refractivity contribution in [2.45, 2.75) is 29.9 Å². The van der Waals surface area contributed by atoms with Crippen LogP contribution >= 0.6 is 0 Å². The summed E-state index contributed by atoms with van der Waals surface area (Å²) in [6.07, 6.45) is 0.508. The Hall–Kier alpha value is -1.97. The van der Waals surface area contributed by atoms with E-state index >= 15 is 0 Å². The Kier molecular flexibility index (Phi) is 3.86. The normalized spacial score (nSPS) is 29.4. The van der Waals surface area contributed by atoms with E-state index in [1.54, 1.807) is 0 Å². The number of rotatable bonds is 4.